The molecule has 0 aliphatic carbocycles. The van der Waals surface area contributed by atoms with Crippen molar-refractivity contribution in [2.45, 2.75) is 24.9 Å². The van der Waals surface area contributed by atoms with Gasteiger partial charge in [0.2, 0.25) is 0 Å². The summed E-state index contributed by atoms with van der Waals surface area (Å²) in [5.41, 5.74) is 7.04. The molecule has 1 fully saturated rings. The number of likely N-dealkylation sites (N-methyl/N-ethyl adjacent to an activating group) is 1. The highest BCUT2D eigenvalue weighted by molar-refractivity contribution is 5.23. The largest absolute Gasteiger partial charge is 0.394 e. The minimum absolute atomic E-state index is 0.148. The number of aliphatic hydroxyl groups excluding tert-OH is 1. The summed E-state index contributed by atoms with van der Waals surface area (Å²) in [5, 5.41) is 9.59. The number of nitrogens with two attached hydrogens (primary N) is 1. The summed E-state index contributed by atoms with van der Waals surface area (Å²) in [6.07, 6.45) is 0.954. The summed E-state index contributed by atoms with van der Waals surface area (Å²) < 4.78 is 0. The molecule has 0 spiro atoms. The van der Waals surface area contributed by atoms with Gasteiger partial charge in [0.25, 0.3) is 0 Å². The molecule has 0 bridgehead atoms. The second-order valence-corrected chi connectivity index (χ2v) is 5.32. The molecule has 3 nitrogen and oxygen atoms in total. The van der Waals surface area contributed by atoms with Crippen molar-refractivity contribution in [3.05, 3.63) is 35.9 Å². The Morgan fingerprint density at radius 3 is 2.59 bits per heavy atom. The SMILES string of the molecule is CN1[C@@H](c2ccccc2)[C@@H](CN)C[C@@]1(C)CO. The van der Waals surface area contributed by atoms with Gasteiger partial charge in [-0.25, -0.2) is 0 Å². The average Bonchev–Trinajstić information content (AvgIpc) is 2.63. The van der Waals surface area contributed by atoms with Crippen molar-refractivity contribution in [2.24, 2.45) is 11.7 Å². The van der Waals surface area contributed by atoms with Crippen molar-refractivity contribution in [1.29, 1.82) is 0 Å². The van der Waals surface area contributed by atoms with Gasteiger partial charge in [-0.15, -0.1) is 0 Å². The van der Waals surface area contributed by atoms with Gasteiger partial charge in [0.15, 0.2) is 0 Å². The first kappa shape index (κ1) is 12.6. The van der Waals surface area contributed by atoms with Gasteiger partial charge >= 0.3 is 0 Å². The maximum atomic E-state index is 9.59. The van der Waals surface area contributed by atoms with Gasteiger partial charge in [0.05, 0.1) is 6.61 Å². The molecule has 3 atom stereocenters. The van der Waals surface area contributed by atoms with Crippen LogP contribution in [0.4, 0.5) is 0 Å². The normalized spacial score (nSPS) is 34.1. The second kappa shape index (κ2) is 4.77. The fourth-order valence-corrected chi connectivity index (χ4v) is 3.01. The first-order valence-electron chi connectivity index (χ1n) is 6.21. The van der Waals surface area contributed by atoms with Crippen molar-refractivity contribution >= 4 is 0 Å². The third-order valence-corrected chi connectivity index (χ3v) is 4.20. The summed E-state index contributed by atoms with van der Waals surface area (Å²) >= 11 is 0. The van der Waals surface area contributed by atoms with Crippen LogP contribution in [0.15, 0.2) is 30.3 Å². The Labute approximate surface area is 103 Å². The molecule has 1 aromatic rings. The van der Waals surface area contributed by atoms with Gasteiger partial charge in [-0.3, -0.25) is 4.90 Å². The standard InChI is InChI=1S/C14H22N2O/c1-14(10-17)8-12(9-15)13(16(14)2)11-6-4-3-5-7-11/h3-7,12-13,17H,8-10,15H2,1-2H3/t12-,13+,14+/m1/s1. The lowest BCUT2D eigenvalue weighted by atomic mass is 9.90. The number of hydrogen-bond donors (Lipinski definition) is 2. The molecule has 0 aromatic heterocycles. The molecule has 2 rings (SSSR count). The molecule has 1 aliphatic heterocycles. The highest BCUT2D eigenvalue weighted by Gasteiger charge is 2.46. The van der Waals surface area contributed by atoms with Gasteiger partial charge in [0, 0.05) is 11.6 Å². The van der Waals surface area contributed by atoms with Gasteiger partial charge in [-0.05, 0) is 38.4 Å². The quantitative estimate of drug-likeness (QED) is 0.831. The van der Waals surface area contributed by atoms with E-state index in [9.17, 15) is 5.11 Å². The molecule has 1 heterocycles. The zero-order valence-electron chi connectivity index (χ0n) is 10.6. The Kier molecular flexibility index (Phi) is 3.52. The predicted octanol–water partition coefficient (Wildman–Crippen LogP) is 1.39. The lowest BCUT2D eigenvalue weighted by Gasteiger charge is -2.34. The van der Waals surface area contributed by atoms with Crippen LogP contribution in [0.25, 0.3) is 0 Å². The topological polar surface area (TPSA) is 49.5 Å². The zero-order valence-corrected chi connectivity index (χ0v) is 10.6. The molecule has 3 heteroatoms. The molecule has 0 amide bonds. The molecule has 94 valence electrons. The fraction of sp³-hybridized carbons (Fsp3) is 0.571. The van der Waals surface area contributed by atoms with Crippen LogP contribution < -0.4 is 5.73 Å². The van der Waals surface area contributed by atoms with Crippen molar-refractivity contribution in [1.82, 2.24) is 4.90 Å². The van der Waals surface area contributed by atoms with E-state index in [4.69, 9.17) is 5.73 Å². The number of hydrogen-bond acceptors (Lipinski definition) is 3. The van der Waals surface area contributed by atoms with E-state index in [0.717, 1.165) is 6.42 Å². The lowest BCUT2D eigenvalue weighted by Crippen LogP contribution is -2.42. The molecule has 0 radical (unpaired) electrons. The highest BCUT2D eigenvalue weighted by atomic mass is 16.3. The van der Waals surface area contributed by atoms with Crippen molar-refractivity contribution in [3.63, 3.8) is 0 Å². The number of benzene rings is 1. The van der Waals surface area contributed by atoms with Gasteiger partial charge in [-0.1, -0.05) is 30.3 Å². The van der Waals surface area contributed by atoms with Crippen LogP contribution in [0.3, 0.4) is 0 Å². The monoisotopic (exact) mass is 234 g/mol. The Bertz CT molecular complexity index is 368. The van der Waals surface area contributed by atoms with Crippen LogP contribution in [-0.2, 0) is 0 Å². The molecule has 1 aliphatic rings. The minimum Gasteiger partial charge on any atom is -0.394 e. The maximum absolute atomic E-state index is 9.59. The Balaban J connectivity index is 2.32. The highest BCUT2D eigenvalue weighted by Crippen LogP contribution is 2.44. The van der Waals surface area contributed by atoms with Crippen LogP contribution in [-0.4, -0.2) is 35.7 Å². The fourth-order valence-electron chi connectivity index (χ4n) is 3.01. The molecule has 17 heavy (non-hydrogen) atoms. The molecular weight excluding hydrogens is 212 g/mol. The Morgan fingerprint density at radius 1 is 1.41 bits per heavy atom. The van der Waals surface area contributed by atoms with Gasteiger partial charge in [-0.2, -0.15) is 0 Å². The van der Waals surface area contributed by atoms with Crippen LogP contribution >= 0.6 is 0 Å². The van der Waals surface area contributed by atoms with E-state index >= 15 is 0 Å². The Hall–Kier alpha value is -0.900. The summed E-state index contributed by atoms with van der Waals surface area (Å²) in [7, 11) is 2.09. The first-order chi connectivity index (χ1) is 8.12. The second-order valence-electron chi connectivity index (χ2n) is 5.32. The van der Waals surface area contributed by atoms with E-state index in [1.165, 1.54) is 5.56 Å². The lowest BCUT2D eigenvalue weighted by molar-refractivity contribution is 0.0769. The molecule has 0 unspecified atom stereocenters. The summed E-state index contributed by atoms with van der Waals surface area (Å²) in [6, 6.07) is 10.8. The van der Waals surface area contributed by atoms with E-state index in [2.05, 4.69) is 43.1 Å². The van der Waals surface area contributed by atoms with Crippen molar-refractivity contribution in [3.8, 4) is 0 Å². The number of aliphatic hydroxyl groups is 1. The first-order valence-corrected chi connectivity index (χ1v) is 6.21. The number of nitrogens with zero attached hydrogens (tertiary/aromatic N) is 1. The van der Waals surface area contributed by atoms with Gasteiger partial charge < -0.3 is 10.8 Å². The van der Waals surface area contributed by atoms with Crippen LogP contribution in [0.2, 0.25) is 0 Å². The van der Waals surface area contributed by atoms with E-state index in [1.54, 1.807) is 0 Å². The molecule has 0 saturated carbocycles. The molecule has 3 N–H and O–H groups in total. The average molecular weight is 234 g/mol. The Morgan fingerprint density at radius 2 is 2.06 bits per heavy atom. The molecule has 1 saturated heterocycles. The summed E-state index contributed by atoms with van der Waals surface area (Å²) in [4.78, 5) is 2.28. The summed E-state index contributed by atoms with van der Waals surface area (Å²) in [5.74, 6) is 0.416. The number of rotatable bonds is 3. The van der Waals surface area contributed by atoms with Crippen molar-refractivity contribution in [2.75, 3.05) is 20.2 Å². The predicted molar refractivity (Wildman–Crippen MR) is 69.6 cm³/mol. The molecule has 1 aromatic carbocycles. The minimum atomic E-state index is -0.148. The van der Waals surface area contributed by atoms with Crippen LogP contribution in [0.1, 0.15) is 24.9 Å². The third-order valence-electron chi connectivity index (χ3n) is 4.20. The van der Waals surface area contributed by atoms with Crippen LogP contribution in [0, 0.1) is 5.92 Å². The van der Waals surface area contributed by atoms with E-state index in [0.29, 0.717) is 18.5 Å². The smallest absolute Gasteiger partial charge is 0.0613 e. The van der Waals surface area contributed by atoms with E-state index in [-0.39, 0.29) is 12.1 Å². The summed E-state index contributed by atoms with van der Waals surface area (Å²) in [6.45, 7) is 2.96. The molecular formula is C14H22N2O. The van der Waals surface area contributed by atoms with E-state index < -0.39 is 0 Å². The van der Waals surface area contributed by atoms with Crippen molar-refractivity contribution < 1.29 is 5.11 Å². The van der Waals surface area contributed by atoms with E-state index in [1.807, 2.05) is 6.07 Å². The maximum Gasteiger partial charge on any atom is 0.0613 e. The zero-order chi connectivity index (χ0) is 12.5. The van der Waals surface area contributed by atoms with Crippen LogP contribution in [0.5, 0.6) is 0 Å². The van der Waals surface area contributed by atoms with Gasteiger partial charge in [0.1, 0.15) is 0 Å². The third kappa shape index (κ3) is 2.10. The number of likely N-dealkylation sites (tertiary alicyclic amines) is 1.